The zero-order valence-electron chi connectivity index (χ0n) is 13.0. The van der Waals surface area contributed by atoms with Crippen LogP contribution in [0.15, 0.2) is 30.5 Å². The van der Waals surface area contributed by atoms with E-state index in [-0.39, 0.29) is 0 Å². The van der Waals surface area contributed by atoms with Gasteiger partial charge in [-0.3, -0.25) is 5.10 Å². The van der Waals surface area contributed by atoms with E-state index in [0.717, 1.165) is 41.6 Å². The van der Waals surface area contributed by atoms with Crippen molar-refractivity contribution in [2.75, 3.05) is 18.0 Å². The van der Waals surface area contributed by atoms with Crippen molar-refractivity contribution in [3.05, 3.63) is 35.5 Å². The molecule has 0 saturated carbocycles. The van der Waals surface area contributed by atoms with Crippen molar-refractivity contribution in [2.24, 2.45) is 5.92 Å². The molecule has 1 aliphatic rings. The van der Waals surface area contributed by atoms with Crippen molar-refractivity contribution >= 4 is 28.6 Å². The van der Waals surface area contributed by atoms with Gasteiger partial charge >= 0.3 is 0 Å². The lowest BCUT2D eigenvalue weighted by molar-refractivity contribution is 0.568. The van der Waals surface area contributed by atoms with Crippen LogP contribution < -0.4 is 4.90 Å². The van der Waals surface area contributed by atoms with Gasteiger partial charge < -0.3 is 4.90 Å². The van der Waals surface area contributed by atoms with Gasteiger partial charge in [0.1, 0.15) is 11.3 Å². The van der Waals surface area contributed by atoms with Crippen molar-refractivity contribution < 1.29 is 0 Å². The molecular formula is C17H18ClN5. The zero-order chi connectivity index (χ0) is 15.8. The molecule has 0 spiro atoms. The first-order valence-corrected chi connectivity index (χ1v) is 8.34. The molecule has 5 nitrogen and oxygen atoms in total. The number of H-pyrrole nitrogens is 1. The monoisotopic (exact) mass is 327 g/mol. The highest BCUT2D eigenvalue weighted by atomic mass is 35.5. The zero-order valence-corrected chi connectivity index (χ0v) is 13.7. The van der Waals surface area contributed by atoms with Crippen LogP contribution in [0.1, 0.15) is 19.8 Å². The SMILES string of the molecule is CCC1CCN(c2cnc3c(-c4cccc(Cl)c4)[nH]nc3n2)C1. The van der Waals surface area contributed by atoms with Crippen molar-refractivity contribution in [3.63, 3.8) is 0 Å². The van der Waals surface area contributed by atoms with Crippen molar-refractivity contribution in [2.45, 2.75) is 19.8 Å². The summed E-state index contributed by atoms with van der Waals surface area (Å²) >= 11 is 6.07. The largest absolute Gasteiger partial charge is 0.355 e. The molecule has 0 bridgehead atoms. The minimum atomic E-state index is 0.650. The summed E-state index contributed by atoms with van der Waals surface area (Å²) in [6.45, 7) is 4.35. The van der Waals surface area contributed by atoms with Gasteiger partial charge in [-0.25, -0.2) is 9.97 Å². The Balaban J connectivity index is 1.69. The normalized spacial score (nSPS) is 18.0. The number of nitrogens with zero attached hydrogens (tertiary/aromatic N) is 4. The number of aromatic amines is 1. The molecule has 1 fully saturated rings. The Morgan fingerprint density at radius 2 is 2.30 bits per heavy atom. The Morgan fingerprint density at radius 1 is 1.39 bits per heavy atom. The summed E-state index contributed by atoms with van der Waals surface area (Å²) in [5.41, 5.74) is 3.25. The molecule has 1 unspecified atom stereocenters. The molecule has 0 aliphatic carbocycles. The Bertz CT molecular complexity index is 844. The second-order valence-electron chi connectivity index (χ2n) is 6.02. The maximum atomic E-state index is 6.07. The van der Waals surface area contributed by atoms with Crippen LogP contribution in [0.4, 0.5) is 5.82 Å². The summed E-state index contributed by atoms with van der Waals surface area (Å²) in [5.74, 6) is 1.67. The minimum Gasteiger partial charge on any atom is -0.355 e. The van der Waals surface area contributed by atoms with E-state index in [0.29, 0.717) is 10.7 Å². The van der Waals surface area contributed by atoms with E-state index >= 15 is 0 Å². The molecule has 2 aromatic heterocycles. The Kier molecular flexibility index (Phi) is 3.65. The summed E-state index contributed by atoms with van der Waals surface area (Å²) in [6, 6.07) is 7.66. The average molecular weight is 328 g/mol. The fourth-order valence-corrected chi connectivity index (χ4v) is 3.35. The Morgan fingerprint density at radius 3 is 3.09 bits per heavy atom. The van der Waals surface area contributed by atoms with E-state index in [1.54, 1.807) is 0 Å². The fourth-order valence-electron chi connectivity index (χ4n) is 3.16. The maximum Gasteiger partial charge on any atom is 0.202 e. The molecule has 0 radical (unpaired) electrons. The van der Waals surface area contributed by atoms with Crippen molar-refractivity contribution in [3.8, 4) is 11.3 Å². The average Bonchev–Trinajstić information content (AvgIpc) is 3.21. The van der Waals surface area contributed by atoms with Crippen LogP contribution in [-0.4, -0.2) is 33.3 Å². The molecule has 4 rings (SSSR count). The van der Waals surface area contributed by atoms with Gasteiger partial charge in [0.15, 0.2) is 0 Å². The predicted molar refractivity (Wildman–Crippen MR) is 92.7 cm³/mol. The topological polar surface area (TPSA) is 57.7 Å². The highest BCUT2D eigenvalue weighted by Gasteiger charge is 2.23. The molecule has 118 valence electrons. The number of halogens is 1. The third-order valence-electron chi connectivity index (χ3n) is 4.55. The first kappa shape index (κ1) is 14.5. The number of fused-ring (bicyclic) bond motifs is 1. The van der Waals surface area contributed by atoms with Gasteiger partial charge in [-0.1, -0.05) is 37.1 Å². The second kappa shape index (κ2) is 5.81. The highest BCUT2D eigenvalue weighted by molar-refractivity contribution is 6.30. The van der Waals surface area contributed by atoms with Crippen LogP contribution in [0.2, 0.25) is 5.02 Å². The highest BCUT2D eigenvalue weighted by Crippen LogP contribution is 2.28. The van der Waals surface area contributed by atoms with Gasteiger partial charge in [0.05, 0.1) is 11.9 Å². The van der Waals surface area contributed by atoms with Crippen LogP contribution in [0.25, 0.3) is 22.4 Å². The summed E-state index contributed by atoms with van der Waals surface area (Å²) in [5, 5.41) is 8.06. The quantitative estimate of drug-likeness (QED) is 0.792. The molecule has 1 aliphatic heterocycles. The first-order chi connectivity index (χ1) is 11.2. The molecule has 1 aromatic carbocycles. The first-order valence-electron chi connectivity index (χ1n) is 7.96. The number of nitrogens with one attached hydrogen (secondary N) is 1. The lowest BCUT2D eigenvalue weighted by atomic mass is 10.1. The Hall–Kier alpha value is -2.14. The molecular weight excluding hydrogens is 310 g/mol. The summed E-state index contributed by atoms with van der Waals surface area (Å²) in [7, 11) is 0. The number of hydrogen-bond acceptors (Lipinski definition) is 4. The van der Waals surface area contributed by atoms with E-state index in [1.807, 2.05) is 30.5 Å². The maximum absolute atomic E-state index is 6.07. The van der Waals surface area contributed by atoms with Crippen LogP contribution >= 0.6 is 11.6 Å². The molecule has 1 N–H and O–H groups in total. The lowest BCUT2D eigenvalue weighted by Crippen LogP contribution is -2.20. The van der Waals surface area contributed by atoms with Gasteiger partial charge in [0, 0.05) is 23.7 Å². The van der Waals surface area contributed by atoms with Crippen molar-refractivity contribution in [1.29, 1.82) is 0 Å². The number of benzene rings is 1. The second-order valence-corrected chi connectivity index (χ2v) is 6.45. The molecule has 1 atom stereocenters. The molecule has 0 amide bonds. The number of hydrogen-bond donors (Lipinski definition) is 1. The van der Waals surface area contributed by atoms with E-state index in [4.69, 9.17) is 11.6 Å². The standard InChI is InChI=1S/C17H18ClN5/c1-2-11-6-7-23(10-11)14-9-19-16-15(21-22-17(16)20-14)12-4-3-5-13(18)8-12/h3-5,8-9,11H,2,6-7,10H2,1H3,(H,20,21,22). The fraction of sp³-hybridized carbons (Fsp3) is 0.353. The van der Waals surface area contributed by atoms with E-state index in [1.165, 1.54) is 12.8 Å². The van der Waals surface area contributed by atoms with Crippen LogP contribution in [0.5, 0.6) is 0 Å². The molecule has 23 heavy (non-hydrogen) atoms. The molecule has 3 heterocycles. The smallest absolute Gasteiger partial charge is 0.202 e. The lowest BCUT2D eigenvalue weighted by Gasteiger charge is -2.16. The van der Waals surface area contributed by atoms with Gasteiger partial charge in [0.25, 0.3) is 0 Å². The van der Waals surface area contributed by atoms with Crippen molar-refractivity contribution in [1.82, 2.24) is 20.2 Å². The van der Waals surface area contributed by atoms with Gasteiger partial charge in [-0.15, -0.1) is 0 Å². The van der Waals surface area contributed by atoms with Gasteiger partial charge in [-0.2, -0.15) is 5.10 Å². The molecule has 3 aromatic rings. The summed E-state index contributed by atoms with van der Waals surface area (Å²) in [4.78, 5) is 11.6. The Labute approximate surface area is 139 Å². The summed E-state index contributed by atoms with van der Waals surface area (Å²) in [6.07, 6.45) is 4.29. The van der Waals surface area contributed by atoms with Crippen LogP contribution in [0, 0.1) is 5.92 Å². The molecule has 6 heteroatoms. The number of aromatic nitrogens is 4. The third-order valence-corrected chi connectivity index (χ3v) is 4.79. The van der Waals surface area contributed by atoms with E-state index in [2.05, 4.69) is 32.0 Å². The van der Waals surface area contributed by atoms with E-state index < -0.39 is 0 Å². The van der Waals surface area contributed by atoms with E-state index in [9.17, 15) is 0 Å². The van der Waals surface area contributed by atoms with Crippen LogP contribution in [-0.2, 0) is 0 Å². The summed E-state index contributed by atoms with van der Waals surface area (Å²) < 4.78 is 0. The van der Waals surface area contributed by atoms with Gasteiger partial charge in [0.2, 0.25) is 5.65 Å². The number of rotatable bonds is 3. The third kappa shape index (κ3) is 2.65. The molecule has 1 saturated heterocycles. The minimum absolute atomic E-state index is 0.650. The van der Waals surface area contributed by atoms with Crippen LogP contribution in [0.3, 0.4) is 0 Å². The number of anilines is 1. The van der Waals surface area contributed by atoms with Gasteiger partial charge in [-0.05, 0) is 24.5 Å². The predicted octanol–water partition coefficient (Wildman–Crippen LogP) is 3.91.